The van der Waals surface area contributed by atoms with E-state index in [0.29, 0.717) is 11.1 Å². The maximum absolute atomic E-state index is 11.8. The molecular weight excluding hydrogens is 240 g/mol. The molecule has 0 aliphatic carbocycles. The van der Waals surface area contributed by atoms with Gasteiger partial charge in [-0.25, -0.2) is 13.6 Å². The standard InChI is InChI=1S/C11H16N2O3S/c1-7-5-9(11(14)13(3)4)6-10(8(7)2)17(12,15)16/h5-6H,1-4H3,(H2,12,15,16). The van der Waals surface area contributed by atoms with Crippen LogP contribution in [0.15, 0.2) is 17.0 Å². The Kier molecular flexibility index (Phi) is 3.59. The molecular formula is C11H16N2O3S. The largest absolute Gasteiger partial charge is 0.345 e. The first-order chi connectivity index (χ1) is 7.64. The molecule has 0 spiro atoms. The summed E-state index contributed by atoms with van der Waals surface area (Å²) in [6.45, 7) is 3.41. The Morgan fingerprint density at radius 2 is 1.76 bits per heavy atom. The predicted octanol–water partition coefficient (Wildman–Crippen LogP) is 0.653. The normalized spacial score (nSPS) is 11.4. The highest BCUT2D eigenvalue weighted by atomic mass is 32.2. The molecule has 0 bridgehead atoms. The zero-order valence-electron chi connectivity index (χ0n) is 10.3. The fourth-order valence-electron chi connectivity index (χ4n) is 1.50. The van der Waals surface area contributed by atoms with Crippen molar-refractivity contribution in [2.45, 2.75) is 18.7 Å². The fourth-order valence-corrected chi connectivity index (χ4v) is 2.38. The molecule has 1 rings (SSSR count). The van der Waals surface area contributed by atoms with E-state index in [1.165, 1.54) is 11.0 Å². The Morgan fingerprint density at radius 1 is 1.24 bits per heavy atom. The average Bonchev–Trinajstić information content (AvgIpc) is 2.18. The Labute approximate surface area is 101 Å². The topological polar surface area (TPSA) is 80.5 Å². The summed E-state index contributed by atoms with van der Waals surface area (Å²) in [5.74, 6) is -0.252. The molecule has 6 heteroatoms. The van der Waals surface area contributed by atoms with Gasteiger partial charge in [0.2, 0.25) is 10.0 Å². The van der Waals surface area contributed by atoms with Crippen LogP contribution in [0.5, 0.6) is 0 Å². The molecule has 0 aromatic heterocycles. The van der Waals surface area contributed by atoms with E-state index >= 15 is 0 Å². The number of rotatable bonds is 2. The number of nitrogens with zero attached hydrogens (tertiary/aromatic N) is 1. The smallest absolute Gasteiger partial charge is 0.253 e. The highest BCUT2D eigenvalue weighted by Crippen LogP contribution is 2.20. The maximum atomic E-state index is 11.8. The maximum Gasteiger partial charge on any atom is 0.253 e. The SMILES string of the molecule is Cc1cc(C(=O)N(C)C)cc(S(N)(=O)=O)c1C. The molecule has 0 radical (unpaired) electrons. The molecule has 1 aromatic rings. The number of aryl methyl sites for hydroxylation is 1. The van der Waals surface area contributed by atoms with Crippen molar-refractivity contribution in [2.75, 3.05) is 14.1 Å². The lowest BCUT2D eigenvalue weighted by molar-refractivity contribution is 0.0827. The number of sulfonamides is 1. The summed E-state index contributed by atoms with van der Waals surface area (Å²) in [5.41, 5.74) is 1.62. The number of nitrogens with two attached hydrogens (primary N) is 1. The van der Waals surface area contributed by atoms with Crippen LogP contribution in [-0.2, 0) is 10.0 Å². The van der Waals surface area contributed by atoms with E-state index in [0.717, 1.165) is 5.56 Å². The predicted molar refractivity (Wildman–Crippen MR) is 65.3 cm³/mol. The minimum absolute atomic E-state index is 0.00250. The van der Waals surface area contributed by atoms with E-state index in [9.17, 15) is 13.2 Å². The molecule has 2 N–H and O–H groups in total. The first kappa shape index (κ1) is 13.7. The van der Waals surface area contributed by atoms with Crippen molar-refractivity contribution < 1.29 is 13.2 Å². The van der Waals surface area contributed by atoms with E-state index in [2.05, 4.69) is 0 Å². The monoisotopic (exact) mass is 256 g/mol. The van der Waals surface area contributed by atoms with Gasteiger partial charge in [-0.3, -0.25) is 4.79 Å². The number of amides is 1. The zero-order chi connectivity index (χ0) is 13.4. The number of hydrogen-bond donors (Lipinski definition) is 1. The Bertz CT molecular complexity index is 562. The first-order valence-corrected chi connectivity index (χ1v) is 6.55. The second-order valence-electron chi connectivity index (χ2n) is 4.16. The van der Waals surface area contributed by atoms with Crippen LogP contribution in [0.4, 0.5) is 0 Å². The lowest BCUT2D eigenvalue weighted by Gasteiger charge is -2.14. The molecule has 0 aliphatic rings. The summed E-state index contributed by atoms with van der Waals surface area (Å²) in [6.07, 6.45) is 0. The molecule has 1 aromatic carbocycles. The lowest BCUT2D eigenvalue weighted by Crippen LogP contribution is -2.23. The molecule has 5 nitrogen and oxygen atoms in total. The van der Waals surface area contributed by atoms with Gasteiger partial charge >= 0.3 is 0 Å². The molecule has 0 fully saturated rings. The first-order valence-electron chi connectivity index (χ1n) is 5.00. The Balaban J connectivity index is 3.50. The van der Waals surface area contributed by atoms with Crippen LogP contribution in [0.2, 0.25) is 0 Å². The van der Waals surface area contributed by atoms with Crippen LogP contribution < -0.4 is 5.14 Å². The van der Waals surface area contributed by atoms with Crippen molar-refractivity contribution in [1.82, 2.24) is 4.90 Å². The molecule has 0 saturated heterocycles. The molecule has 0 atom stereocenters. The second-order valence-corrected chi connectivity index (χ2v) is 5.69. The van der Waals surface area contributed by atoms with Gasteiger partial charge in [0.15, 0.2) is 0 Å². The van der Waals surface area contributed by atoms with Crippen LogP contribution in [0.25, 0.3) is 0 Å². The summed E-state index contributed by atoms with van der Waals surface area (Å²) < 4.78 is 22.8. The fraction of sp³-hybridized carbons (Fsp3) is 0.364. The van der Waals surface area contributed by atoms with Gasteiger partial charge in [-0.05, 0) is 37.1 Å². The third-order valence-electron chi connectivity index (χ3n) is 2.58. The number of primary sulfonamides is 1. The van der Waals surface area contributed by atoms with Crippen molar-refractivity contribution in [3.05, 3.63) is 28.8 Å². The van der Waals surface area contributed by atoms with Gasteiger partial charge in [-0.2, -0.15) is 0 Å². The molecule has 1 amide bonds. The highest BCUT2D eigenvalue weighted by molar-refractivity contribution is 7.89. The van der Waals surface area contributed by atoms with Gasteiger partial charge in [-0.15, -0.1) is 0 Å². The minimum atomic E-state index is -3.81. The minimum Gasteiger partial charge on any atom is -0.345 e. The van der Waals surface area contributed by atoms with Crippen molar-refractivity contribution in [2.24, 2.45) is 5.14 Å². The molecule has 0 saturated carbocycles. The van der Waals surface area contributed by atoms with Crippen LogP contribution in [0.3, 0.4) is 0 Å². The number of benzene rings is 1. The second kappa shape index (κ2) is 4.46. The van der Waals surface area contributed by atoms with Crippen molar-refractivity contribution in [1.29, 1.82) is 0 Å². The molecule has 0 unspecified atom stereocenters. The van der Waals surface area contributed by atoms with Gasteiger partial charge in [0.05, 0.1) is 4.90 Å². The van der Waals surface area contributed by atoms with E-state index in [-0.39, 0.29) is 10.8 Å². The summed E-state index contributed by atoms with van der Waals surface area (Å²) in [7, 11) is -0.598. The van der Waals surface area contributed by atoms with Crippen LogP contribution in [-0.4, -0.2) is 33.3 Å². The van der Waals surface area contributed by atoms with E-state index in [1.807, 2.05) is 0 Å². The van der Waals surface area contributed by atoms with Gasteiger partial charge in [0.1, 0.15) is 0 Å². The molecule has 94 valence electrons. The van der Waals surface area contributed by atoms with Gasteiger partial charge in [0, 0.05) is 19.7 Å². The van der Waals surface area contributed by atoms with Crippen LogP contribution in [0.1, 0.15) is 21.5 Å². The summed E-state index contributed by atoms with van der Waals surface area (Å²) in [5, 5.41) is 5.12. The lowest BCUT2D eigenvalue weighted by atomic mass is 10.1. The molecule has 0 aliphatic heterocycles. The Morgan fingerprint density at radius 3 is 2.18 bits per heavy atom. The van der Waals surface area contributed by atoms with Gasteiger partial charge in [0.25, 0.3) is 5.91 Å². The average molecular weight is 256 g/mol. The van der Waals surface area contributed by atoms with E-state index < -0.39 is 10.0 Å². The molecule has 17 heavy (non-hydrogen) atoms. The third-order valence-corrected chi connectivity index (χ3v) is 3.62. The highest BCUT2D eigenvalue weighted by Gasteiger charge is 2.18. The van der Waals surface area contributed by atoms with Gasteiger partial charge < -0.3 is 4.90 Å². The Hall–Kier alpha value is -1.40. The summed E-state index contributed by atoms with van der Waals surface area (Å²) in [4.78, 5) is 13.2. The summed E-state index contributed by atoms with van der Waals surface area (Å²) >= 11 is 0. The zero-order valence-corrected chi connectivity index (χ0v) is 11.1. The number of hydrogen-bond acceptors (Lipinski definition) is 3. The molecule has 0 heterocycles. The van der Waals surface area contributed by atoms with Crippen molar-refractivity contribution in [3.63, 3.8) is 0 Å². The number of carbonyl (C=O) groups excluding carboxylic acids is 1. The van der Waals surface area contributed by atoms with E-state index in [4.69, 9.17) is 5.14 Å². The van der Waals surface area contributed by atoms with Crippen molar-refractivity contribution >= 4 is 15.9 Å². The van der Waals surface area contributed by atoms with Gasteiger partial charge in [-0.1, -0.05) is 0 Å². The van der Waals surface area contributed by atoms with Crippen LogP contribution in [0, 0.1) is 13.8 Å². The van der Waals surface area contributed by atoms with E-state index in [1.54, 1.807) is 34.0 Å². The third kappa shape index (κ3) is 2.83. The number of carbonyl (C=O) groups is 1. The summed E-state index contributed by atoms with van der Waals surface area (Å²) in [6, 6.07) is 2.98. The van der Waals surface area contributed by atoms with Crippen molar-refractivity contribution in [3.8, 4) is 0 Å². The van der Waals surface area contributed by atoms with Crippen LogP contribution >= 0.6 is 0 Å². The quantitative estimate of drug-likeness (QED) is 0.843.